The van der Waals surface area contributed by atoms with Crippen molar-refractivity contribution in [1.29, 1.82) is 0 Å². The van der Waals surface area contributed by atoms with E-state index < -0.39 is 0 Å². The van der Waals surface area contributed by atoms with Crippen molar-refractivity contribution in [3.63, 3.8) is 0 Å². The number of rotatable bonds is 2. The molecule has 0 N–H and O–H groups in total. The van der Waals surface area contributed by atoms with Crippen molar-refractivity contribution in [3.05, 3.63) is 71.8 Å². The number of hydrogen-bond donors (Lipinski definition) is 0. The summed E-state index contributed by atoms with van der Waals surface area (Å²) in [7, 11) is 0. The van der Waals surface area contributed by atoms with Crippen LogP contribution >= 0.6 is 15.9 Å². The highest BCUT2D eigenvalue weighted by Gasteiger charge is 2.29. The molecule has 1 heterocycles. The van der Waals surface area contributed by atoms with Crippen molar-refractivity contribution in [2.24, 2.45) is 0 Å². The van der Waals surface area contributed by atoms with Gasteiger partial charge in [-0.1, -0.05) is 76.6 Å². The van der Waals surface area contributed by atoms with Crippen LogP contribution in [0.1, 0.15) is 36.2 Å². The van der Waals surface area contributed by atoms with Crippen LogP contribution in [0, 0.1) is 0 Å². The van der Waals surface area contributed by atoms with Crippen LogP contribution in [-0.4, -0.2) is 4.83 Å². The highest BCUT2D eigenvalue weighted by atomic mass is 79.9. The molecule has 0 spiro atoms. The highest BCUT2D eigenvalue weighted by molar-refractivity contribution is 9.09. The predicted octanol–water partition coefficient (Wildman–Crippen LogP) is 5.04. The first kappa shape index (κ1) is 12.9. The van der Waals surface area contributed by atoms with E-state index in [1.807, 2.05) is 12.1 Å². The van der Waals surface area contributed by atoms with Crippen LogP contribution < -0.4 is 0 Å². The normalized spacial score (nSPS) is 27.1. The number of halogens is 1. The summed E-state index contributed by atoms with van der Waals surface area (Å²) in [5, 5.41) is 0. The summed E-state index contributed by atoms with van der Waals surface area (Å²) in [6, 6.07) is 21.0. The second-order valence-corrected chi connectivity index (χ2v) is 6.30. The van der Waals surface area contributed by atoms with Crippen molar-refractivity contribution in [2.75, 3.05) is 0 Å². The number of hydrogen-bond acceptors (Lipinski definition) is 1. The molecule has 2 heteroatoms. The molecule has 2 aromatic carbocycles. The van der Waals surface area contributed by atoms with E-state index in [0.29, 0.717) is 4.83 Å². The quantitative estimate of drug-likeness (QED) is 0.705. The smallest absolute Gasteiger partial charge is 0.0844 e. The Balaban J connectivity index is 1.82. The predicted molar refractivity (Wildman–Crippen MR) is 81.4 cm³/mol. The molecule has 0 aliphatic carbocycles. The Morgan fingerprint density at radius 1 is 0.737 bits per heavy atom. The van der Waals surface area contributed by atoms with Gasteiger partial charge in [0, 0.05) is 4.83 Å². The van der Waals surface area contributed by atoms with Gasteiger partial charge in [0.1, 0.15) is 0 Å². The van der Waals surface area contributed by atoms with Gasteiger partial charge in [-0.3, -0.25) is 0 Å². The van der Waals surface area contributed by atoms with Gasteiger partial charge in [-0.05, 0) is 24.0 Å². The summed E-state index contributed by atoms with van der Waals surface area (Å²) >= 11 is 3.78. The molecule has 19 heavy (non-hydrogen) atoms. The molecule has 2 aromatic rings. The molecule has 1 aliphatic rings. The zero-order chi connectivity index (χ0) is 13.1. The first-order valence-corrected chi connectivity index (χ1v) is 7.64. The number of benzene rings is 2. The third-order valence-electron chi connectivity index (χ3n) is 3.61. The van der Waals surface area contributed by atoms with Gasteiger partial charge in [-0.2, -0.15) is 0 Å². The minimum absolute atomic E-state index is 0.185. The Morgan fingerprint density at radius 2 is 1.16 bits per heavy atom. The number of ether oxygens (including phenoxy) is 1. The van der Waals surface area contributed by atoms with Crippen molar-refractivity contribution < 1.29 is 4.74 Å². The third kappa shape index (κ3) is 3.07. The summed E-state index contributed by atoms with van der Waals surface area (Å²) in [6.45, 7) is 0. The lowest BCUT2D eigenvalue weighted by Gasteiger charge is -2.33. The maximum absolute atomic E-state index is 6.30. The maximum Gasteiger partial charge on any atom is 0.0844 e. The summed E-state index contributed by atoms with van der Waals surface area (Å²) in [6.07, 6.45) is 2.44. The fraction of sp³-hybridized carbons (Fsp3) is 0.294. The zero-order valence-corrected chi connectivity index (χ0v) is 12.3. The Morgan fingerprint density at radius 3 is 1.58 bits per heavy atom. The van der Waals surface area contributed by atoms with Gasteiger partial charge in [0.2, 0.25) is 0 Å². The van der Waals surface area contributed by atoms with E-state index in [2.05, 4.69) is 64.5 Å². The molecule has 3 rings (SSSR count). The largest absolute Gasteiger partial charge is 0.366 e. The van der Waals surface area contributed by atoms with Crippen LogP contribution in [-0.2, 0) is 4.74 Å². The summed E-state index contributed by atoms with van der Waals surface area (Å²) < 4.78 is 6.30. The van der Waals surface area contributed by atoms with Gasteiger partial charge in [0.25, 0.3) is 0 Å². The van der Waals surface area contributed by atoms with Gasteiger partial charge in [-0.25, -0.2) is 0 Å². The second-order valence-electron chi connectivity index (χ2n) is 5.00. The standard InChI is InChI=1S/C17H17BrO/c18-15-11-16(13-7-3-1-4-8-13)19-17(12-15)14-9-5-2-6-10-14/h1-10,15-17H,11-12H2/t15?,16-,17+. The molecule has 0 aromatic heterocycles. The molecule has 0 bridgehead atoms. The zero-order valence-electron chi connectivity index (χ0n) is 10.7. The van der Waals surface area contributed by atoms with E-state index in [9.17, 15) is 0 Å². The maximum atomic E-state index is 6.30. The van der Waals surface area contributed by atoms with Crippen LogP contribution in [0.3, 0.4) is 0 Å². The summed E-state index contributed by atoms with van der Waals surface area (Å²) in [5.74, 6) is 0. The summed E-state index contributed by atoms with van der Waals surface area (Å²) in [5.41, 5.74) is 2.54. The molecule has 1 fully saturated rings. The molecule has 98 valence electrons. The first-order valence-electron chi connectivity index (χ1n) is 6.72. The topological polar surface area (TPSA) is 9.23 Å². The van der Waals surface area contributed by atoms with Crippen molar-refractivity contribution in [1.82, 2.24) is 0 Å². The Labute approximate surface area is 122 Å². The molecule has 1 aliphatic heterocycles. The molecule has 1 saturated heterocycles. The summed E-state index contributed by atoms with van der Waals surface area (Å²) in [4.78, 5) is 0.511. The van der Waals surface area contributed by atoms with Crippen molar-refractivity contribution >= 4 is 15.9 Å². The lowest BCUT2D eigenvalue weighted by Crippen LogP contribution is -2.23. The van der Waals surface area contributed by atoms with Crippen LogP contribution in [0.2, 0.25) is 0 Å². The molecule has 1 nitrogen and oxygen atoms in total. The molecule has 3 atom stereocenters. The Hall–Kier alpha value is -1.12. The van der Waals surface area contributed by atoms with Gasteiger partial charge >= 0.3 is 0 Å². The van der Waals surface area contributed by atoms with Crippen molar-refractivity contribution in [3.8, 4) is 0 Å². The number of alkyl halides is 1. The molecule has 0 radical (unpaired) electrons. The van der Waals surface area contributed by atoms with Crippen LogP contribution in [0.4, 0.5) is 0 Å². The second kappa shape index (κ2) is 5.89. The molecule has 0 amide bonds. The van der Waals surface area contributed by atoms with Gasteiger partial charge in [0.15, 0.2) is 0 Å². The molecular weight excluding hydrogens is 300 g/mol. The minimum atomic E-state index is 0.185. The molecular formula is C17H17BrO. The lowest BCUT2D eigenvalue weighted by atomic mass is 9.95. The van der Waals surface area contributed by atoms with E-state index in [0.717, 1.165) is 12.8 Å². The van der Waals surface area contributed by atoms with E-state index in [-0.39, 0.29) is 12.2 Å². The third-order valence-corrected chi connectivity index (χ3v) is 4.36. The first-order chi connectivity index (χ1) is 9.33. The van der Waals surface area contributed by atoms with E-state index in [1.54, 1.807) is 0 Å². The highest BCUT2D eigenvalue weighted by Crippen LogP contribution is 2.41. The van der Waals surface area contributed by atoms with Gasteiger partial charge in [-0.15, -0.1) is 0 Å². The fourth-order valence-electron chi connectivity index (χ4n) is 2.63. The minimum Gasteiger partial charge on any atom is -0.366 e. The Kier molecular flexibility index (Phi) is 4.00. The van der Waals surface area contributed by atoms with Gasteiger partial charge in [0.05, 0.1) is 12.2 Å². The van der Waals surface area contributed by atoms with E-state index >= 15 is 0 Å². The lowest BCUT2D eigenvalue weighted by molar-refractivity contribution is -0.0499. The van der Waals surface area contributed by atoms with E-state index in [1.165, 1.54) is 11.1 Å². The average Bonchev–Trinajstić information content (AvgIpc) is 2.48. The average molecular weight is 317 g/mol. The monoisotopic (exact) mass is 316 g/mol. The Bertz CT molecular complexity index is 464. The van der Waals surface area contributed by atoms with E-state index in [4.69, 9.17) is 4.74 Å². The van der Waals surface area contributed by atoms with Crippen LogP contribution in [0.5, 0.6) is 0 Å². The van der Waals surface area contributed by atoms with Crippen LogP contribution in [0.25, 0.3) is 0 Å². The fourth-order valence-corrected chi connectivity index (χ4v) is 3.31. The van der Waals surface area contributed by atoms with Crippen LogP contribution in [0.15, 0.2) is 60.7 Å². The van der Waals surface area contributed by atoms with Gasteiger partial charge < -0.3 is 4.74 Å². The van der Waals surface area contributed by atoms with Crippen molar-refractivity contribution in [2.45, 2.75) is 29.9 Å². The molecule has 1 unspecified atom stereocenters. The SMILES string of the molecule is BrC1C[C@@H](c2ccccc2)O[C@@H](c2ccccc2)C1. The molecule has 0 saturated carbocycles.